The third-order valence-electron chi connectivity index (χ3n) is 2.83. The van der Waals surface area contributed by atoms with Crippen LogP contribution in [-0.4, -0.2) is 11.2 Å². The van der Waals surface area contributed by atoms with Crippen LogP contribution in [-0.2, 0) is 6.42 Å². The van der Waals surface area contributed by atoms with Crippen LogP contribution in [0.1, 0.15) is 30.0 Å². The first-order chi connectivity index (χ1) is 6.68. The van der Waals surface area contributed by atoms with Crippen molar-refractivity contribution < 1.29 is 5.11 Å². The molecule has 1 aromatic rings. The number of hydrogen-bond donors (Lipinski definition) is 2. The Morgan fingerprint density at radius 2 is 2.21 bits per heavy atom. The van der Waals surface area contributed by atoms with E-state index < -0.39 is 6.10 Å². The molecule has 0 fully saturated rings. The van der Waals surface area contributed by atoms with Crippen LogP contribution >= 0.6 is 15.9 Å². The molecule has 14 heavy (non-hydrogen) atoms. The number of rotatable bonds is 0. The maximum Gasteiger partial charge on any atom is 0.0733 e. The van der Waals surface area contributed by atoms with Gasteiger partial charge in [0.25, 0.3) is 0 Å². The van der Waals surface area contributed by atoms with Gasteiger partial charge in [-0.3, -0.25) is 0 Å². The molecule has 1 aromatic carbocycles. The van der Waals surface area contributed by atoms with Gasteiger partial charge in [-0.25, -0.2) is 0 Å². The first kappa shape index (κ1) is 10.1. The van der Waals surface area contributed by atoms with Gasteiger partial charge in [-0.1, -0.05) is 22.0 Å². The summed E-state index contributed by atoms with van der Waals surface area (Å²) >= 11 is 3.43. The zero-order valence-electron chi connectivity index (χ0n) is 7.91. The maximum atomic E-state index is 9.76. The SMILES string of the molecule is NC1c2cc(Br)ccc2CCCC1O. The second kappa shape index (κ2) is 4.01. The molecule has 0 amide bonds. The summed E-state index contributed by atoms with van der Waals surface area (Å²) in [5.41, 5.74) is 8.35. The van der Waals surface area contributed by atoms with E-state index in [0.717, 1.165) is 29.3 Å². The number of fused-ring (bicyclic) bond motifs is 1. The molecule has 2 rings (SSSR count). The van der Waals surface area contributed by atoms with Gasteiger partial charge >= 0.3 is 0 Å². The highest BCUT2D eigenvalue weighted by atomic mass is 79.9. The van der Waals surface area contributed by atoms with Crippen molar-refractivity contribution >= 4 is 15.9 Å². The van der Waals surface area contributed by atoms with Gasteiger partial charge in [-0.15, -0.1) is 0 Å². The van der Waals surface area contributed by atoms with Gasteiger partial charge in [-0.2, -0.15) is 0 Å². The molecule has 0 aromatic heterocycles. The van der Waals surface area contributed by atoms with Crippen molar-refractivity contribution in [1.29, 1.82) is 0 Å². The van der Waals surface area contributed by atoms with Gasteiger partial charge in [0.15, 0.2) is 0 Å². The Bertz CT molecular complexity index is 340. The standard InChI is InChI=1S/C11H14BrNO/c12-8-5-4-7-2-1-3-10(14)11(13)9(7)6-8/h4-6,10-11,14H,1-3,13H2. The molecule has 2 atom stereocenters. The molecule has 2 nitrogen and oxygen atoms in total. The number of halogens is 1. The third-order valence-corrected chi connectivity index (χ3v) is 3.32. The fourth-order valence-corrected chi connectivity index (χ4v) is 2.37. The molecule has 0 radical (unpaired) electrons. The number of aliphatic hydroxyl groups excluding tert-OH is 1. The summed E-state index contributed by atoms with van der Waals surface area (Å²) in [7, 11) is 0. The lowest BCUT2D eigenvalue weighted by Gasteiger charge is -2.17. The topological polar surface area (TPSA) is 46.2 Å². The van der Waals surface area contributed by atoms with Gasteiger partial charge in [0.2, 0.25) is 0 Å². The molecule has 0 saturated carbocycles. The number of aryl methyl sites for hydroxylation is 1. The lowest BCUT2D eigenvalue weighted by atomic mass is 9.99. The van der Waals surface area contributed by atoms with Gasteiger partial charge in [0.1, 0.15) is 0 Å². The van der Waals surface area contributed by atoms with Crippen LogP contribution in [0.25, 0.3) is 0 Å². The largest absolute Gasteiger partial charge is 0.391 e. The summed E-state index contributed by atoms with van der Waals surface area (Å²) in [6.45, 7) is 0. The fraction of sp³-hybridized carbons (Fsp3) is 0.455. The minimum absolute atomic E-state index is 0.231. The molecule has 0 spiro atoms. The summed E-state index contributed by atoms with van der Waals surface area (Å²) in [6, 6.07) is 5.92. The molecule has 0 aliphatic heterocycles. The summed E-state index contributed by atoms with van der Waals surface area (Å²) in [5, 5.41) is 9.76. The lowest BCUT2D eigenvalue weighted by Crippen LogP contribution is -2.25. The molecular weight excluding hydrogens is 242 g/mol. The highest BCUT2D eigenvalue weighted by molar-refractivity contribution is 9.10. The van der Waals surface area contributed by atoms with Crippen molar-refractivity contribution in [2.45, 2.75) is 31.4 Å². The molecule has 1 aliphatic carbocycles. The van der Waals surface area contributed by atoms with E-state index in [0.29, 0.717) is 0 Å². The van der Waals surface area contributed by atoms with Crippen molar-refractivity contribution in [1.82, 2.24) is 0 Å². The lowest BCUT2D eigenvalue weighted by molar-refractivity contribution is 0.136. The molecule has 3 heteroatoms. The Balaban J connectivity index is 2.44. The second-order valence-corrected chi connectivity index (χ2v) is 4.74. The number of hydrogen-bond acceptors (Lipinski definition) is 2. The summed E-state index contributed by atoms with van der Waals surface area (Å²) in [5.74, 6) is 0. The highest BCUT2D eigenvalue weighted by Crippen LogP contribution is 2.29. The highest BCUT2D eigenvalue weighted by Gasteiger charge is 2.22. The molecular formula is C11H14BrNO. The average molecular weight is 256 g/mol. The predicted octanol–water partition coefficient (Wildman–Crippen LogP) is 2.15. The predicted molar refractivity (Wildman–Crippen MR) is 60.0 cm³/mol. The zero-order chi connectivity index (χ0) is 10.1. The molecule has 76 valence electrons. The van der Waals surface area contributed by atoms with Crippen molar-refractivity contribution in [3.05, 3.63) is 33.8 Å². The molecule has 0 saturated heterocycles. The Morgan fingerprint density at radius 1 is 1.43 bits per heavy atom. The molecule has 1 aliphatic rings. The van der Waals surface area contributed by atoms with Crippen LogP contribution in [0.15, 0.2) is 22.7 Å². The van der Waals surface area contributed by atoms with Crippen LogP contribution in [0.4, 0.5) is 0 Å². The minimum Gasteiger partial charge on any atom is -0.391 e. The number of benzene rings is 1. The number of nitrogens with two attached hydrogens (primary N) is 1. The van der Waals surface area contributed by atoms with Gasteiger partial charge in [0.05, 0.1) is 12.1 Å². The first-order valence-electron chi connectivity index (χ1n) is 4.90. The quantitative estimate of drug-likeness (QED) is 0.698. The summed E-state index contributed by atoms with van der Waals surface area (Å²) < 4.78 is 1.03. The fourth-order valence-electron chi connectivity index (χ4n) is 1.99. The van der Waals surface area contributed by atoms with Crippen LogP contribution in [0.2, 0.25) is 0 Å². The van der Waals surface area contributed by atoms with E-state index in [4.69, 9.17) is 5.73 Å². The number of aliphatic hydroxyl groups is 1. The summed E-state index contributed by atoms with van der Waals surface area (Å²) in [4.78, 5) is 0. The first-order valence-corrected chi connectivity index (χ1v) is 5.70. The van der Waals surface area contributed by atoms with Crippen LogP contribution < -0.4 is 5.73 Å². The maximum absolute atomic E-state index is 9.76. The van der Waals surface area contributed by atoms with Crippen molar-refractivity contribution in [3.8, 4) is 0 Å². The van der Waals surface area contributed by atoms with E-state index in [1.807, 2.05) is 12.1 Å². The van der Waals surface area contributed by atoms with E-state index in [-0.39, 0.29) is 6.04 Å². The van der Waals surface area contributed by atoms with E-state index in [1.165, 1.54) is 5.56 Å². The molecule has 0 bridgehead atoms. The molecule has 0 heterocycles. The minimum atomic E-state index is -0.398. The Kier molecular flexibility index (Phi) is 2.91. The average Bonchev–Trinajstić information content (AvgIpc) is 2.30. The van der Waals surface area contributed by atoms with Crippen molar-refractivity contribution in [2.24, 2.45) is 5.73 Å². The van der Waals surface area contributed by atoms with E-state index in [9.17, 15) is 5.11 Å². The van der Waals surface area contributed by atoms with E-state index in [2.05, 4.69) is 22.0 Å². The Labute approximate surface area is 92.3 Å². The Hall–Kier alpha value is -0.380. The van der Waals surface area contributed by atoms with Crippen molar-refractivity contribution in [2.75, 3.05) is 0 Å². The van der Waals surface area contributed by atoms with E-state index >= 15 is 0 Å². The van der Waals surface area contributed by atoms with Crippen LogP contribution in [0.3, 0.4) is 0 Å². The van der Waals surface area contributed by atoms with Crippen LogP contribution in [0.5, 0.6) is 0 Å². The summed E-state index contributed by atoms with van der Waals surface area (Å²) in [6.07, 6.45) is 2.44. The van der Waals surface area contributed by atoms with Gasteiger partial charge in [0, 0.05) is 4.47 Å². The normalized spacial score (nSPS) is 26.8. The molecule has 3 N–H and O–H groups in total. The van der Waals surface area contributed by atoms with Gasteiger partial charge in [-0.05, 0) is 42.5 Å². The smallest absolute Gasteiger partial charge is 0.0733 e. The van der Waals surface area contributed by atoms with Crippen LogP contribution in [0, 0.1) is 0 Å². The second-order valence-electron chi connectivity index (χ2n) is 3.83. The zero-order valence-corrected chi connectivity index (χ0v) is 9.50. The monoisotopic (exact) mass is 255 g/mol. The third kappa shape index (κ3) is 1.85. The van der Waals surface area contributed by atoms with E-state index in [1.54, 1.807) is 0 Å². The van der Waals surface area contributed by atoms with Crippen molar-refractivity contribution in [3.63, 3.8) is 0 Å². The Morgan fingerprint density at radius 3 is 3.00 bits per heavy atom. The molecule has 2 unspecified atom stereocenters. The van der Waals surface area contributed by atoms with Gasteiger partial charge < -0.3 is 10.8 Å².